The van der Waals surface area contributed by atoms with Gasteiger partial charge >= 0.3 is 0 Å². The highest BCUT2D eigenvalue weighted by Crippen LogP contribution is 2.33. The second-order valence-electron chi connectivity index (χ2n) is 1.63. The predicted octanol–water partition coefficient (Wildman–Crippen LogP) is 1.98. The van der Waals surface area contributed by atoms with E-state index in [9.17, 15) is 0 Å². The second kappa shape index (κ2) is 3.11. The highest BCUT2D eigenvalue weighted by atomic mass is 35.6. The molecule has 0 aromatic rings. The van der Waals surface area contributed by atoms with E-state index in [1.54, 1.807) is 6.92 Å². The predicted molar refractivity (Wildman–Crippen MR) is 36.5 cm³/mol. The van der Waals surface area contributed by atoms with Crippen LogP contribution in [0.15, 0.2) is 0 Å². The number of hydrogen-bond donors (Lipinski definition) is 1. The highest BCUT2D eigenvalue weighted by molar-refractivity contribution is 6.67. The first-order chi connectivity index (χ1) is 3.48. The molecule has 0 bridgehead atoms. The molecule has 0 saturated heterocycles. The van der Waals surface area contributed by atoms with Crippen molar-refractivity contribution in [1.82, 2.24) is 0 Å². The molecule has 0 aromatic heterocycles. The molecule has 0 amide bonds. The minimum Gasteiger partial charge on any atom is -0.396 e. The van der Waals surface area contributed by atoms with Crippen LogP contribution in [0.3, 0.4) is 0 Å². The second-order valence-corrected chi connectivity index (χ2v) is 3.99. The van der Waals surface area contributed by atoms with Gasteiger partial charge in [-0.3, -0.25) is 0 Å². The Morgan fingerprint density at radius 2 is 1.88 bits per heavy atom. The van der Waals surface area contributed by atoms with Gasteiger partial charge in [0.25, 0.3) is 0 Å². The zero-order valence-corrected chi connectivity index (χ0v) is 6.63. The molecule has 1 nitrogen and oxygen atoms in total. The lowest BCUT2D eigenvalue weighted by molar-refractivity contribution is 0.239. The summed E-state index contributed by atoms with van der Waals surface area (Å²) < 4.78 is -1.32. The lowest BCUT2D eigenvalue weighted by Crippen LogP contribution is -2.18. The molecule has 8 heavy (non-hydrogen) atoms. The molecule has 0 heterocycles. The van der Waals surface area contributed by atoms with Crippen molar-refractivity contribution in [3.8, 4) is 0 Å². The van der Waals surface area contributed by atoms with E-state index in [1.165, 1.54) is 0 Å². The van der Waals surface area contributed by atoms with Gasteiger partial charge in [0.1, 0.15) is 0 Å². The Bertz CT molecular complexity index is 68.2. The van der Waals surface area contributed by atoms with Crippen LogP contribution in [0.1, 0.15) is 6.92 Å². The van der Waals surface area contributed by atoms with Gasteiger partial charge in [0.05, 0.1) is 0 Å². The SMILES string of the molecule is C[C@@H](CO)C(Cl)(Cl)Cl. The van der Waals surface area contributed by atoms with Crippen molar-refractivity contribution < 1.29 is 5.11 Å². The molecule has 0 spiro atoms. The number of rotatable bonds is 1. The summed E-state index contributed by atoms with van der Waals surface area (Å²) in [6.45, 7) is 1.56. The van der Waals surface area contributed by atoms with Gasteiger partial charge in [-0.05, 0) is 0 Å². The molecule has 0 unspecified atom stereocenters. The van der Waals surface area contributed by atoms with Crippen LogP contribution in [0.5, 0.6) is 0 Å². The molecule has 1 atom stereocenters. The van der Waals surface area contributed by atoms with Crippen LogP contribution in [-0.2, 0) is 0 Å². The lowest BCUT2D eigenvalue weighted by atomic mass is 10.2. The van der Waals surface area contributed by atoms with Crippen LogP contribution in [0, 0.1) is 5.92 Å². The van der Waals surface area contributed by atoms with Crippen molar-refractivity contribution in [2.75, 3.05) is 6.61 Å². The number of aliphatic hydroxyl groups excluding tert-OH is 1. The van der Waals surface area contributed by atoms with Crippen LogP contribution in [0.2, 0.25) is 0 Å². The van der Waals surface area contributed by atoms with Gasteiger partial charge in [0, 0.05) is 12.5 Å². The molecule has 0 fully saturated rings. The van der Waals surface area contributed by atoms with E-state index in [0.717, 1.165) is 0 Å². The van der Waals surface area contributed by atoms with Crippen LogP contribution < -0.4 is 0 Å². The fourth-order valence-corrected chi connectivity index (χ4v) is 0.311. The summed E-state index contributed by atoms with van der Waals surface area (Å²) in [7, 11) is 0. The molecule has 0 saturated carbocycles. The first kappa shape index (κ1) is 8.83. The number of halogens is 3. The summed E-state index contributed by atoms with van der Waals surface area (Å²) >= 11 is 16.1. The Hall–Kier alpha value is 0.830. The summed E-state index contributed by atoms with van der Waals surface area (Å²) in [5.74, 6) is -0.299. The molecule has 0 rings (SSSR count). The smallest absolute Gasteiger partial charge is 0.195 e. The summed E-state index contributed by atoms with van der Waals surface area (Å²) in [6, 6.07) is 0. The van der Waals surface area contributed by atoms with Crippen LogP contribution in [-0.4, -0.2) is 15.5 Å². The zero-order chi connectivity index (χ0) is 6.78. The monoisotopic (exact) mass is 176 g/mol. The number of aliphatic hydroxyl groups is 1. The molecule has 0 aliphatic heterocycles. The van der Waals surface area contributed by atoms with Gasteiger partial charge in [0.15, 0.2) is 3.79 Å². The maximum absolute atomic E-state index is 8.42. The fraction of sp³-hybridized carbons (Fsp3) is 1.00. The van der Waals surface area contributed by atoms with E-state index in [1.807, 2.05) is 0 Å². The van der Waals surface area contributed by atoms with Gasteiger partial charge in [-0.25, -0.2) is 0 Å². The first-order valence-electron chi connectivity index (χ1n) is 2.16. The minimum absolute atomic E-state index is 0.101. The van der Waals surface area contributed by atoms with Gasteiger partial charge < -0.3 is 5.11 Å². The summed E-state index contributed by atoms with van der Waals surface area (Å²) in [4.78, 5) is 0. The van der Waals surface area contributed by atoms with Crippen molar-refractivity contribution in [2.24, 2.45) is 5.92 Å². The molecule has 0 aromatic carbocycles. The van der Waals surface area contributed by atoms with Gasteiger partial charge in [-0.15, -0.1) is 0 Å². The quantitative estimate of drug-likeness (QED) is 0.607. The molecule has 0 aliphatic carbocycles. The Balaban J connectivity index is 3.62. The van der Waals surface area contributed by atoms with E-state index >= 15 is 0 Å². The van der Waals surface area contributed by atoms with Gasteiger partial charge in [-0.1, -0.05) is 41.7 Å². The third-order valence-electron chi connectivity index (χ3n) is 0.833. The summed E-state index contributed by atoms with van der Waals surface area (Å²) in [5.41, 5.74) is 0. The Morgan fingerprint density at radius 1 is 1.50 bits per heavy atom. The van der Waals surface area contributed by atoms with E-state index in [4.69, 9.17) is 39.9 Å². The third kappa shape index (κ3) is 2.98. The minimum atomic E-state index is -1.32. The summed E-state index contributed by atoms with van der Waals surface area (Å²) in [5, 5.41) is 8.42. The van der Waals surface area contributed by atoms with E-state index < -0.39 is 3.79 Å². The van der Waals surface area contributed by atoms with Crippen molar-refractivity contribution in [3.63, 3.8) is 0 Å². The maximum Gasteiger partial charge on any atom is 0.195 e. The average Bonchev–Trinajstić information content (AvgIpc) is 1.62. The third-order valence-corrected chi connectivity index (χ3v) is 1.95. The fourth-order valence-electron chi connectivity index (χ4n) is 0.104. The molecule has 4 heteroatoms. The Kier molecular flexibility index (Phi) is 3.44. The normalized spacial score (nSPS) is 16.1. The Labute approximate surface area is 63.5 Å². The zero-order valence-electron chi connectivity index (χ0n) is 4.37. The van der Waals surface area contributed by atoms with Crippen LogP contribution in [0.25, 0.3) is 0 Å². The standard InChI is InChI=1S/C4H7Cl3O/c1-3(2-8)4(5,6)7/h3,8H,2H2,1H3/t3-/m0/s1. The van der Waals surface area contributed by atoms with Crippen molar-refractivity contribution in [3.05, 3.63) is 0 Å². The molecule has 0 aliphatic rings. The topological polar surface area (TPSA) is 20.2 Å². The average molecular weight is 177 g/mol. The van der Waals surface area contributed by atoms with Crippen LogP contribution in [0.4, 0.5) is 0 Å². The molecular formula is C4H7Cl3O. The van der Waals surface area contributed by atoms with Crippen LogP contribution >= 0.6 is 34.8 Å². The maximum atomic E-state index is 8.42. The van der Waals surface area contributed by atoms with Gasteiger partial charge in [0.2, 0.25) is 0 Å². The molecule has 50 valence electrons. The Morgan fingerprint density at radius 3 is 1.88 bits per heavy atom. The van der Waals surface area contributed by atoms with Crippen molar-refractivity contribution >= 4 is 34.8 Å². The van der Waals surface area contributed by atoms with Gasteiger partial charge in [-0.2, -0.15) is 0 Å². The van der Waals surface area contributed by atoms with E-state index in [-0.39, 0.29) is 12.5 Å². The van der Waals surface area contributed by atoms with E-state index in [2.05, 4.69) is 0 Å². The summed E-state index contributed by atoms with van der Waals surface area (Å²) in [6.07, 6.45) is 0. The highest BCUT2D eigenvalue weighted by Gasteiger charge is 2.27. The number of alkyl halides is 3. The van der Waals surface area contributed by atoms with Crippen molar-refractivity contribution in [1.29, 1.82) is 0 Å². The van der Waals surface area contributed by atoms with E-state index in [0.29, 0.717) is 0 Å². The molecular weight excluding hydrogens is 170 g/mol. The van der Waals surface area contributed by atoms with Crippen molar-refractivity contribution in [2.45, 2.75) is 10.7 Å². The molecule has 1 N–H and O–H groups in total. The largest absolute Gasteiger partial charge is 0.396 e. The number of hydrogen-bond acceptors (Lipinski definition) is 1. The lowest BCUT2D eigenvalue weighted by Gasteiger charge is -2.16. The first-order valence-corrected chi connectivity index (χ1v) is 3.29. The molecule has 0 radical (unpaired) electrons.